The first-order chi connectivity index (χ1) is 8.61. The van der Waals surface area contributed by atoms with Gasteiger partial charge in [0.1, 0.15) is 0 Å². The Kier molecular flexibility index (Phi) is 8.67. The highest BCUT2D eigenvalue weighted by Crippen LogP contribution is 2.29. The van der Waals surface area contributed by atoms with Gasteiger partial charge in [-0.2, -0.15) is 0 Å². The molecule has 0 aliphatic heterocycles. The Morgan fingerprint density at radius 2 is 1.89 bits per heavy atom. The van der Waals surface area contributed by atoms with Crippen LogP contribution in [0.3, 0.4) is 0 Å². The number of carbonyl (C=O) groups is 1. The van der Waals surface area contributed by atoms with Crippen molar-refractivity contribution in [3.8, 4) is 0 Å². The third-order valence-electron chi connectivity index (χ3n) is 4.92. The average molecular weight is 291 g/mol. The van der Waals surface area contributed by atoms with Crippen LogP contribution < -0.4 is 11.1 Å². The van der Waals surface area contributed by atoms with E-state index in [-0.39, 0.29) is 23.7 Å². The third-order valence-corrected chi connectivity index (χ3v) is 4.92. The molecule has 0 aromatic rings. The van der Waals surface area contributed by atoms with Gasteiger partial charge in [0.2, 0.25) is 5.91 Å². The van der Waals surface area contributed by atoms with Crippen LogP contribution in [0, 0.1) is 11.3 Å². The standard InChI is InChI=1S/C15H30N2O.ClH/c1-4-12-8-7-9-13(10-12)17-14(18)15(5-2,6-3)11-16;/h12-13H,4-11,16H2,1-3H3,(H,17,18);1H. The second-order valence-electron chi connectivity index (χ2n) is 5.80. The molecule has 0 aromatic heterocycles. The number of halogens is 1. The molecule has 0 spiro atoms. The number of amides is 1. The van der Waals surface area contributed by atoms with Crippen molar-refractivity contribution in [2.24, 2.45) is 17.1 Å². The van der Waals surface area contributed by atoms with Crippen LogP contribution >= 0.6 is 12.4 Å². The van der Waals surface area contributed by atoms with Crippen LogP contribution in [0.15, 0.2) is 0 Å². The van der Waals surface area contributed by atoms with Crippen LogP contribution in [0.5, 0.6) is 0 Å². The molecule has 1 aliphatic rings. The van der Waals surface area contributed by atoms with Gasteiger partial charge in [-0.25, -0.2) is 0 Å². The molecule has 2 unspecified atom stereocenters. The van der Waals surface area contributed by atoms with Crippen molar-refractivity contribution in [3.63, 3.8) is 0 Å². The van der Waals surface area contributed by atoms with Crippen molar-refractivity contribution in [3.05, 3.63) is 0 Å². The molecule has 4 heteroatoms. The molecule has 114 valence electrons. The zero-order valence-electron chi connectivity index (χ0n) is 12.7. The lowest BCUT2D eigenvalue weighted by molar-refractivity contribution is -0.132. The lowest BCUT2D eigenvalue weighted by Crippen LogP contribution is -2.49. The minimum Gasteiger partial charge on any atom is -0.353 e. The van der Waals surface area contributed by atoms with Gasteiger partial charge >= 0.3 is 0 Å². The number of nitrogens with two attached hydrogens (primary N) is 1. The molecule has 1 saturated carbocycles. The second kappa shape index (κ2) is 8.80. The zero-order valence-corrected chi connectivity index (χ0v) is 13.5. The minimum atomic E-state index is -0.348. The zero-order chi connectivity index (χ0) is 13.6. The summed E-state index contributed by atoms with van der Waals surface area (Å²) in [6.45, 7) is 6.82. The van der Waals surface area contributed by atoms with Gasteiger partial charge in [-0.1, -0.05) is 40.0 Å². The molecule has 0 saturated heterocycles. The summed E-state index contributed by atoms with van der Waals surface area (Å²) in [6, 6.07) is 0.375. The average Bonchev–Trinajstić information content (AvgIpc) is 2.41. The Balaban J connectivity index is 0.00000324. The number of nitrogens with one attached hydrogen (secondary N) is 1. The molecule has 1 fully saturated rings. The molecule has 1 aliphatic carbocycles. The summed E-state index contributed by atoms with van der Waals surface area (Å²) in [5, 5.41) is 3.26. The van der Waals surface area contributed by atoms with E-state index in [1.54, 1.807) is 0 Å². The van der Waals surface area contributed by atoms with Crippen LogP contribution in [0.25, 0.3) is 0 Å². The molecular weight excluding hydrogens is 260 g/mol. The van der Waals surface area contributed by atoms with E-state index in [1.807, 2.05) is 0 Å². The molecule has 0 bridgehead atoms. The van der Waals surface area contributed by atoms with E-state index in [0.717, 1.165) is 31.6 Å². The summed E-state index contributed by atoms with van der Waals surface area (Å²) in [6.07, 6.45) is 7.75. The summed E-state index contributed by atoms with van der Waals surface area (Å²) < 4.78 is 0. The second-order valence-corrected chi connectivity index (χ2v) is 5.80. The van der Waals surface area contributed by atoms with Crippen molar-refractivity contribution in [1.29, 1.82) is 0 Å². The predicted octanol–water partition coefficient (Wildman–Crippen LogP) is 3.26. The highest BCUT2D eigenvalue weighted by molar-refractivity contribution is 5.85. The molecule has 19 heavy (non-hydrogen) atoms. The summed E-state index contributed by atoms with van der Waals surface area (Å²) in [7, 11) is 0. The van der Waals surface area contributed by atoms with Gasteiger partial charge < -0.3 is 11.1 Å². The number of hydrogen-bond donors (Lipinski definition) is 2. The van der Waals surface area contributed by atoms with Crippen molar-refractivity contribution >= 4 is 18.3 Å². The molecule has 1 amide bonds. The Morgan fingerprint density at radius 3 is 2.37 bits per heavy atom. The molecule has 1 rings (SSSR count). The van der Waals surface area contributed by atoms with Crippen molar-refractivity contribution in [2.75, 3.05) is 6.54 Å². The first kappa shape index (κ1) is 18.7. The van der Waals surface area contributed by atoms with E-state index in [2.05, 4.69) is 26.1 Å². The minimum absolute atomic E-state index is 0. The van der Waals surface area contributed by atoms with E-state index < -0.39 is 0 Å². The number of hydrogen-bond acceptors (Lipinski definition) is 2. The summed E-state index contributed by atoms with van der Waals surface area (Å²) in [4.78, 5) is 12.4. The van der Waals surface area contributed by atoms with Gasteiger partial charge in [-0.05, 0) is 31.6 Å². The van der Waals surface area contributed by atoms with Gasteiger partial charge in [0, 0.05) is 12.6 Å². The molecule has 0 heterocycles. The van der Waals surface area contributed by atoms with Crippen LogP contribution in [0.1, 0.15) is 65.7 Å². The van der Waals surface area contributed by atoms with Crippen molar-refractivity contribution in [1.82, 2.24) is 5.32 Å². The van der Waals surface area contributed by atoms with Crippen molar-refractivity contribution in [2.45, 2.75) is 71.8 Å². The van der Waals surface area contributed by atoms with Gasteiger partial charge in [-0.15, -0.1) is 12.4 Å². The van der Waals surface area contributed by atoms with Crippen LogP contribution in [0.2, 0.25) is 0 Å². The number of rotatable bonds is 6. The lowest BCUT2D eigenvalue weighted by atomic mass is 9.79. The summed E-state index contributed by atoms with van der Waals surface area (Å²) in [5.74, 6) is 0.969. The predicted molar refractivity (Wildman–Crippen MR) is 83.5 cm³/mol. The Labute approximate surface area is 124 Å². The lowest BCUT2D eigenvalue weighted by Gasteiger charge is -2.34. The highest BCUT2D eigenvalue weighted by Gasteiger charge is 2.35. The topological polar surface area (TPSA) is 55.1 Å². The van der Waals surface area contributed by atoms with E-state index >= 15 is 0 Å². The van der Waals surface area contributed by atoms with Crippen LogP contribution in [-0.2, 0) is 4.79 Å². The quantitative estimate of drug-likeness (QED) is 0.789. The summed E-state index contributed by atoms with van der Waals surface area (Å²) in [5.41, 5.74) is 5.48. The Bertz CT molecular complexity index is 259. The van der Waals surface area contributed by atoms with Crippen LogP contribution in [0.4, 0.5) is 0 Å². The van der Waals surface area contributed by atoms with Gasteiger partial charge in [0.05, 0.1) is 5.41 Å². The van der Waals surface area contributed by atoms with Gasteiger partial charge in [0.25, 0.3) is 0 Å². The molecule has 3 nitrogen and oxygen atoms in total. The Morgan fingerprint density at radius 1 is 1.26 bits per heavy atom. The maximum atomic E-state index is 12.4. The molecule has 3 N–H and O–H groups in total. The van der Waals surface area contributed by atoms with Crippen LogP contribution in [-0.4, -0.2) is 18.5 Å². The number of carbonyl (C=O) groups excluding carboxylic acids is 1. The van der Waals surface area contributed by atoms with Gasteiger partial charge in [0.15, 0.2) is 0 Å². The maximum absolute atomic E-state index is 12.4. The first-order valence-electron chi connectivity index (χ1n) is 7.62. The van der Waals surface area contributed by atoms with Gasteiger partial charge in [-0.3, -0.25) is 4.79 Å². The fourth-order valence-electron chi connectivity index (χ4n) is 3.08. The van der Waals surface area contributed by atoms with E-state index in [0.29, 0.717) is 12.6 Å². The van der Waals surface area contributed by atoms with E-state index in [4.69, 9.17) is 5.73 Å². The molecule has 0 radical (unpaired) electrons. The van der Waals surface area contributed by atoms with Crippen molar-refractivity contribution < 1.29 is 4.79 Å². The maximum Gasteiger partial charge on any atom is 0.227 e. The Hall–Kier alpha value is -0.280. The third kappa shape index (κ3) is 4.64. The molecule has 2 atom stereocenters. The van der Waals surface area contributed by atoms with E-state index in [1.165, 1.54) is 19.3 Å². The largest absolute Gasteiger partial charge is 0.353 e. The highest BCUT2D eigenvalue weighted by atomic mass is 35.5. The first-order valence-corrected chi connectivity index (χ1v) is 7.62. The monoisotopic (exact) mass is 290 g/mol. The van der Waals surface area contributed by atoms with E-state index in [9.17, 15) is 4.79 Å². The normalized spacial score (nSPS) is 23.6. The molecular formula is C15H31ClN2O. The fourth-order valence-corrected chi connectivity index (χ4v) is 3.08. The smallest absolute Gasteiger partial charge is 0.227 e. The fraction of sp³-hybridized carbons (Fsp3) is 0.933. The SMILES string of the molecule is CCC1CCCC(NC(=O)C(CC)(CC)CN)C1.Cl. The summed E-state index contributed by atoms with van der Waals surface area (Å²) >= 11 is 0. The molecule has 0 aromatic carbocycles.